The second-order valence-corrected chi connectivity index (χ2v) is 12.0. The van der Waals surface area contributed by atoms with E-state index in [1.807, 2.05) is 26.8 Å². The van der Waals surface area contributed by atoms with E-state index in [2.05, 4.69) is 6.92 Å². The molecule has 3 aliphatic rings. The number of hydrogen-bond donors (Lipinski definition) is 4. The fraction of sp³-hybridized carbons (Fsp3) is 0.567. The molecule has 37 heavy (non-hydrogen) atoms. The van der Waals surface area contributed by atoms with Crippen molar-refractivity contribution in [2.24, 2.45) is 22.7 Å². The first-order valence-corrected chi connectivity index (χ1v) is 13.2. The standard InChI is InChI=1S/C30H38O7/c1-7-8-9-10-17-11-12-19(32)21-18(17)13-28(5)14-29(6)22(15(2)3)24(33)20(16(4)31)26(35)30(29,37)27(36)23(28)25(21)34/h11-12,15,22,32-33,36-37H,7-10,13-14H2,1-6H3/t22?,28-,29-,30+/m1/s1. The van der Waals surface area contributed by atoms with Crippen LogP contribution in [0.1, 0.15) is 88.7 Å². The van der Waals surface area contributed by atoms with Crippen LogP contribution >= 0.6 is 0 Å². The number of phenolic OH excluding ortho intramolecular Hbond substituents is 1. The lowest BCUT2D eigenvalue weighted by Crippen LogP contribution is -2.67. The molecule has 0 saturated carbocycles. The average Bonchev–Trinajstić information content (AvgIpc) is 2.77. The fourth-order valence-corrected chi connectivity index (χ4v) is 7.59. The van der Waals surface area contributed by atoms with Crippen molar-refractivity contribution >= 4 is 17.3 Å². The topological polar surface area (TPSA) is 132 Å². The Balaban J connectivity index is 2.00. The largest absolute Gasteiger partial charge is 0.511 e. The Hall–Kier alpha value is -2.93. The van der Waals surface area contributed by atoms with E-state index in [0.29, 0.717) is 6.42 Å². The van der Waals surface area contributed by atoms with Gasteiger partial charge in [0.1, 0.15) is 22.8 Å². The van der Waals surface area contributed by atoms with Crippen LogP contribution in [0.25, 0.3) is 0 Å². The molecule has 0 aliphatic heterocycles. The lowest BCUT2D eigenvalue weighted by Gasteiger charge is -2.59. The first-order valence-electron chi connectivity index (χ1n) is 13.2. The van der Waals surface area contributed by atoms with Crippen LogP contribution in [0.15, 0.2) is 34.8 Å². The molecule has 1 aromatic rings. The molecular formula is C30H38O7. The number of aryl methyl sites for hydroxylation is 1. The summed E-state index contributed by atoms with van der Waals surface area (Å²) in [6, 6.07) is 3.32. The number of aliphatic hydroxyl groups excluding tert-OH is 2. The van der Waals surface area contributed by atoms with Crippen LogP contribution in [0.3, 0.4) is 0 Å². The first kappa shape index (κ1) is 27.1. The minimum Gasteiger partial charge on any atom is -0.511 e. The monoisotopic (exact) mass is 510 g/mol. The molecule has 3 aliphatic carbocycles. The van der Waals surface area contributed by atoms with E-state index < -0.39 is 51.0 Å². The third-order valence-electron chi connectivity index (χ3n) is 9.04. The molecule has 0 saturated heterocycles. The van der Waals surface area contributed by atoms with E-state index in [1.165, 1.54) is 6.07 Å². The quantitative estimate of drug-likeness (QED) is 0.310. The number of Topliss-reactive ketones (excluding diaryl/α,β-unsaturated/α-hetero) is 3. The molecule has 200 valence electrons. The maximum atomic E-state index is 14.0. The van der Waals surface area contributed by atoms with Gasteiger partial charge >= 0.3 is 0 Å². The van der Waals surface area contributed by atoms with Crippen LogP contribution in [0.5, 0.6) is 5.75 Å². The van der Waals surface area contributed by atoms with Crippen LogP contribution in [0.4, 0.5) is 0 Å². The molecule has 7 nitrogen and oxygen atoms in total. The molecule has 4 rings (SSSR count). The van der Waals surface area contributed by atoms with E-state index in [0.717, 1.165) is 43.7 Å². The van der Waals surface area contributed by atoms with Crippen LogP contribution in [-0.4, -0.2) is 43.4 Å². The van der Waals surface area contributed by atoms with Gasteiger partial charge in [-0.1, -0.05) is 53.5 Å². The molecule has 0 bridgehead atoms. The van der Waals surface area contributed by atoms with Crippen molar-refractivity contribution in [3.63, 3.8) is 0 Å². The maximum absolute atomic E-state index is 14.0. The van der Waals surface area contributed by atoms with Crippen LogP contribution in [-0.2, 0) is 22.4 Å². The Bertz CT molecular complexity index is 1270. The Morgan fingerprint density at radius 3 is 2.32 bits per heavy atom. The van der Waals surface area contributed by atoms with Crippen molar-refractivity contribution in [1.29, 1.82) is 0 Å². The summed E-state index contributed by atoms with van der Waals surface area (Å²) in [5, 5.41) is 45.6. The van der Waals surface area contributed by atoms with Crippen molar-refractivity contribution in [2.75, 3.05) is 0 Å². The SMILES string of the molecule is CCCCCc1ccc(O)c2c1C[C@]1(C)C[C@]3(C)C(C(C)C)C(O)=C(C(C)=O)C(=O)[C@]3(O)C(O)=C1C2=O. The minimum absolute atomic E-state index is 0.0917. The number of carbonyl (C=O) groups excluding carboxylic acids is 3. The Labute approximate surface area is 217 Å². The molecule has 1 aromatic carbocycles. The lowest BCUT2D eigenvalue weighted by molar-refractivity contribution is -0.171. The van der Waals surface area contributed by atoms with Crippen molar-refractivity contribution in [1.82, 2.24) is 0 Å². The minimum atomic E-state index is -2.58. The van der Waals surface area contributed by atoms with E-state index in [9.17, 15) is 34.8 Å². The van der Waals surface area contributed by atoms with E-state index in [4.69, 9.17) is 0 Å². The summed E-state index contributed by atoms with van der Waals surface area (Å²) in [4.78, 5) is 40.1. The number of hydrogen-bond acceptors (Lipinski definition) is 7. The van der Waals surface area contributed by atoms with Gasteiger partial charge in [0.25, 0.3) is 0 Å². The highest BCUT2D eigenvalue weighted by Crippen LogP contribution is 2.65. The summed E-state index contributed by atoms with van der Waals surface area (Å²) in [6.45, 7) is 10.4. The number of unbranched alkanes of at least 4 members (excludes halogenated alkanes) is 2. The summed E-state index contributed by atoms with van der Waals surface area (Å²) in [7, 11) is 0. The molecule has 0 amide bonds. The number of ketones is 3. The van der Waals surface area contributed by atoms with Gasteiger partial charge in [-0.15, -0.1) is 0 Å². The number of aromatic hydroxyl groups is 1. The number of allylic oxidation sites excluding steroid dienone is 2. The van der Waals surface area contributed by atoms with Crippen LogP contribution in [0.2, 0.25) is 0 Å². The van der Waals surface area contributed by atoms with Gasteiger partial charge in [-0.2, -0.15) is 0 Å². The maximum Gasteiger partial charge on any atom is 0.209 e. The zero-order chi connectivity index (χ0) is 27.7. The van der Waals surface area contributed by atoms with E-state index >= 15 is 0 Å². The number of carbonyl (C=O) groups is 3. The number of benzene rings is 1. The second-order valence-electron chi connectivity index (χ2n) is 12.0. The van der Waals surface area contributed by atoms with Gasteiger partial charge in [-0.3, -0.25) is 14.4 Å². The summed E-state index contributed by atoms with van der Waals surface area (Å²) in [5.74, 6) is -4.92. The predicted octanol–water partition coefficient (Wildman–Crippen LogP) is 5.08. The van der Waals surface area contributed by atoms with E-state index in [1.54, 1.807) is 6.92 Å². The zero-order valence-corrected chi connectivity index (χ0v) is 22.6. The Morgan fingerprint density at radius 1 is 1.11 bits per heavy atom. The summed E-state index contributed by atoms with van der Waals surface area (Å²) in [5.41, 5.74) is -3.84. The number of rotatable bonds is 6. The highest BCUT2D eigenvalue weighted by atomic mass is 16.3. The smallest absolute Gasteiger partial charge is 0.209 e. The highest BCUT2D eigenvalue weighted by Gasteiger charge is 2.71. The molecule has 4 atom stereocenters. The second kappa shape index (κ2) is 8.83. The molecule has 4 N–H and O–H groups in total. The molecule has 0 radical (unpaired) electrons. The van der Waals surface area contributed by atoms with Gasteiger partial charge in [0.05, 0.1) is 5.56 Å². The highest BCUT2D eigenvalue weighted by molar-refractivity contribution is 6.25. The van der Waals surface area contributed by atoms with Gasteiger partial charge in [0, 0.05) is 22.3 Å². The first-order chi connectivity index (χ1) is 17.2. The van der Waals surface area contributed by atoms with E-state index in [-0.39, 0.29) is 35.0 Å². The molecule has 0 fully saturated rings. The number of fused-ring (bicyclic) bond motifs is 3. The summed E-state index contributed by atoms with van der Waals surface area (Å²) < 4.78 is 0. The Kier molecular flexibility index (Phi) is 6.47. The van der Waals surface area contributed by atoms with Crippen LogP contribution in [0, 0.1) is 22.7 Å². The van der Waals surface area contributed by atoms with Crippen molar-refractivity contribution in [2.45, 2.75) is 85.7 Å². The number of phenols is 1. The molecule has 0 heterocycles. The third kappa shape index (κ3) is 3.53. The third-order valence-corrected chi connectivity index (χ3v) is 9.04. The summed E-state index contributed by atoms with van der Waals surface area (Å²) >= 11 is 0. The molecular weight excluding hydrogens is 472 g/mol. The molecule has 0 aromatic heterocycles. The fourth-order valence-electron chi connectivity index (χ4n) is 7.59. The van der Waals surface area contributed by atoms with Gasteiger partial charge in [0.15, 0.2) is 17.2 Å². The normalized spacial score (nSPS) is 31.4. The zero-order valence-electron chi connectivity index (χ0n) is 22.6. The van der Waals surface area contributed by atoms with Crippen molar-refractivity contribution in [3.05, 3.63) is 51.5 Å². The summed E-state index contributed by atoms with van der Waals surface area (Å²) in [6.07, 6.45) is 4.16. The number of aliphatic hydroxyl groups is 3. The van der Waals surface area contributed by atoms with Crippen molar-refractivity contribution in [3.8, 4) is 5.75 Å². The average molecular weight is 511 g/mol. The predicted molar refractivity (Wildman–Crippen MR) is 138 cm³/mol. The van der Waals surface area contributed by atoms with Gasteiger partial charge < -0.3 is 20.4 Å². The van der Waals surface area contributed by atoms with Crippen molar-refractivity contribution < 1.29 is 34.8 Å². The van der Waals surface area contributed by atoms with Crippen LogP contribution < -0.4 is 0 Å². The molecule has 1 unspecified atom stereocenters. The Morgan fingerprint density at radius 2 is 1.76 bits per heavy atom. The molecule has 0 spiro atoms. The lowest BCUT2D eigenvalue weighted by atomic mass is 9.44. The molecule has 7 heteroatoms. The van der Waals surface area contributed by atoms with Gasteiger partial charge in [0.2, 0.25) is 5.78 Å². The van der Waals surface area contributed by atoms with Gasteiger partial charge in [-0.25, -0.2) is 0 Å². The van der Waals surface area contributed by atoms with Gasteiger partial charge in [-0.05, 0) is 55.7 Å².